The lowest BCUT2D eigenvalue weighted by atomic mass is 10.0. The van der Waals surface area contributed by atoms with Crippen LogP contribution in [0.25, 0.3) is 0 Å². The number of benzene rings is 1. The van der Waals surface area contributed by atoms with Crippen molar-refractivity contribution in [2.45, 2.75) is 46.1 Å². The van der Waals surface area contributed by atoms with Crippen LogP contribution in [0.2, 0.25) is 0 Å². The quantitative estimate of drug-likeness (QED) is 0.780. The Labute approximate surface area is 105 Å². The van der Waals surface area contributed by atoms with Gasteiger partial charge in [0.2, 0.25) is 0 Å². The molecule has 0 aromatic heterocycles. The Hall–Kier alpha value is -1.02. The van der Waals surface area contributed by atoms with E-state index in [1.807, 2.05) is 6.07 Å². The van der Waals surface area contributed by atoms with E-state index in [0.29, 0.717) is 12.0 Å². The largest absolute Gasteiger partial charge is 0.492 e. The first-order chi connectivity index (χ1) is 8.19. The molecule has 17 heavy (non-hydrogen) atoms. The van der Waals surface area contributed by atoms with Crippen molar-refractivity contribution in [1.82, 2.24) is 5.32 Å². The third-order valence-electron chi connectivity index (χ3n) is 2.97. The standard InChI is InChI=1S/C15H25NO/c1-5-13(16-6-2)11-17-15-10-8-7-9-14(15)12(3)4/h7-10,12-13,16H,5-6,11H2,1-4H3. The second-order valence-electron chi connectivity index (χ2n) is 4.67. The van der Waals surface area contributed by atoms with Crippen LogP contribution in [0.1, 0.15) is 45.6 Å². The fraction of sp³-hybridized carbons (Fsp3) is 0.600. The zero-order valence-electron chi connectivity index (χ0n) is 11.5. The lowest BCUT2D eigenvalue weighted by Crippen LogP contribution is -2.33. The second-order valence-corrected chi connectivity index (χ2v) is 4.67. The third kappa shape index (κ3) is 4.39. The summed E-state index contributed by atoms with van der Waals surface area (Å²) in [4.78, 5) is 0. The summed E-state index contributed by atoms with van der Waals surface area (Å²) in [5.74, 6) is 1.53. The molecule has 96 valence electrons. The molecule has 1 aromatic carbocycles. The number of hydrogen-bond acceptors (Lipinski definition) is 2. The average Bonchev–Trinajstić information content (AvgIpc) is 2.34. The van der Waals surface area contributed by atoms with Crippen LogP contribution in [-0.2, 0) is 0 Å². The van der Waals surface area contributed by atoms with E-state index < -0.39 is 0 Å². The summed E-state index contributed by atoms with van der Waals surface area (Å²) in [5.41, 5.74) is 1.29. The highest BCUT2D eigenvalue weighted by Crippen LogP contribution is 2.25. The molecule has 0 spiro atoms. The molecule has 0 aliphatic heterocycles. The molecule has 0 saturated carbocycles. The molecule has 1 unspecified atom stereocenters. The lowest BCUT2D eigenvalue weighted by Gasteiger charge is -2.19. The van der Waals surface area contributed by atoms with Crippen molar-refractivity contribution in [3.63, 3.8) is 0 Å². The first-order valence-corrected chi connectivity index (χ1v) is 6.64. The van der Waals surface area contributed by atoms with Gasteiger partial charge in [-0.3, -0.25) is 0 Å². The maximum atomic E-state index is 5.94. The summed E-state index contributed by atoms with van der Waals surface area (Å²) in [6.45, 7) is 10.4. The molecule has 0 aliphatic rings. The van der Waals surface area contributed by atoms with Gasteiger partial charge in [0.1, 0.15) is 12.4 Å². The molecule has 0 saturated heterocycles. The van der Waals surface area contributed by atoms with Crippen molar-refractivity contribution >= 4 is 0 Å². The molecule has 1 N–H and O–H groups in total. The summed E-state index contributed by atoms with van der Waals surface area (Å²) < 4.78 is 5.94. The van der Waals surface area contributed by atoms with E-state index in [1.165, 1.54) is 5.56 Å². The number of para-hydroxylation sites is 1. The van der Waals surface area contributed by atoms with Crippen LogP contribution in [0, 0.1) is 0 Å². The number of nitrogens with one attached hydrogen (secondary N) is 1. The Morgan fingerprint density at radius 1 is 1.18 bits per heavy atom. The summed E-state index contributed by atoms with van der Waals surface area (Å²) >= 11 is 0. The summed E-state index contributed by atoms with van der Waals surface area (Å²) in [6.07, 6.45) is 1.09. The Bertz CT molecular complexity index is 322. The first-order valence-electron chi connectivity index (χ1n) is 6.64. The SMILES string of the molecule is CCNC(CC)COc1ccccc1C(C)C. The van der Waals surface area contributed by atoms with E-state index in [-0.39, 0.29) is 0 Å². The zero-order valence-corrected chi connectivity index (χ0v) is 11.5. The molecule has 0 radical (unpaired) electrons. The predicted octanol–water partition coefficient (Wildman–Crippen LogP) is 3.58. The van der Waals surface area contributed by atoms with Gasteiger partial charge in [-0.25, -0.2) is 0 Å². The third-order valence-corrected chi connectivity index (χ3v) is 2.97. The van der Waals surface area contributed by atoms with Gasteiger partial charge in [-0.2, -0.15) is 0 Å². The molecule has 0 aliphatic carbocycles. The second kappa shape index (κ2) is 7.33. The number of ether oxygens (including phenoxy) is 1. The van der Waals surface area contributed by atoms with Crippen molar-refractivity contribution < 1.29 is 4.74 Å². The van der Waals surface area contributed by atoms with E-state index in [2.05, 4.69) is 51.2 Å². The van der Waals surface area contributed by atoms with Gasteiger partial charge in [-0.15, -0.1) is 0 Å². The minimum atomic E-state index is 0.445. The predicted molar refractivity (Wildman–Crippen MR) is 73.8 cm³/mol. The molecule has 1 rings (SSSR count). The average molecular weight is 235 g/mol. The van der Waals surface area contributed by atoms with Crippen LogP contribution in [-0.4, -0.2) is 19.2 Å². The summed E-state index contributed by atoms with van der Waals surface area (Å²) in [7, 11) is 0. The van der Waals surface area contributed by atoms with Crippen molar-refractivity contribution in [2.24, 2.45) is 0 Å². The van der Waals surface area contributed by atoms with Gasteiger partial charge in [0.25, 0.3) is 0 Å². The molecular weight excluding hydrogens is 210 g/mol. The number of hydrogen-bond donors (Lipinski definition) is 1. The van der Waals surface area contributed by atoms with Crippen molar-refractivity contribution in [1.29, 1.82) is 0 Å². The fourth-order valence-corrected chi connectivity index (χ4v) is 1.89. The van der Waals surface area contributed by atoms with Crippen molar-refractivity contribution in [2.75, 3.05) is 13.2 Å². The van der Waals surface area contributed by atoms with Gasteiger partial charge in [0.15, 0.2) is 0 Å². The van der Waals surface area contributed by atoms with Crippen LogP contribution in [0.15, 0.2) is 24.3 Å². The zero-order chi connectivity index (χ0) is 12.7. The molecule has 0 amide bonds. The molecule has 2 nitrogen and oxygen atoms in total. The maximum Gasteiger partial charge on any atom is 0.122 e. The minimum absolute atomic E-state index is 0.445. The molecule has 0 heterocycles. The van der Waals surface area contributed by atoms with Gasteiger partial charge < -0.3 is 10.1 Å². The number of rotatable bonds is 7. The van der Waals surface area contributed by atoms with Gasteiger partial charge in [-0.1, -0.05) is 45.9 Å². The first kappa shape index (κ1) is 14.0. The van der Waals surface area contributed by atoms with E-state index >= 15 is 0 Å². The van der Waals surface area contributed by atoms with Gasteiger partial charge in [0.05, 0.1) is 0 Å². The monoisotopic (exact) mass is 235 g/mol. The Morgan fingerprint density at radius 2 is 1.88 bits per heavy atom. The highest BCUT2D eigenvalue weighted by atomic mass is 16.5. The van der Waals surface area contributed by atoms with Crippen LogP contribution in [0.5, 0.6) is 5.75 Å². The van der Waals surface area contributed by atoms with Crippen LogP contribution < -0.4 is 10.1 Å². The van der Waals surface area contributed by atoms with E-state index in [4.69, 9.17) is 4.74 Å². The summed E-state index contributed by atoms with van der Waals surface area (Å²) in [5, 5.41) is 3.43. The Balaban J connectivity index is 2.61. The Kier molecular flexibility index (Phi) is 6.06. The van der Waals surface area contributed by atoms with E-state index in [9.17, 15) is 0 Å². The maximum absolute atomic E-state index is 5.94. The molecule has 0 fully saturated rings. The van der Waals surface area contributed by atoms with Crippen LogP contribution in [0.4, 0.5) is 0 Å². The molecular formula is C15H25NO. The molecule has 2 heteroatoms. The van der Waals surface area contributed by atoms with Crippen LogP contribution >= 0.6 is 0 Å². The summed E-state index contributed by atoms with van der Waals surface area (Å²) in [6, 6.07) is 8.77. The van der Waals surface area contributed by atoms with Gasteiger partial charge >= 0.3 is 0 Å². The molecule has 1 aromatic rings. The van der Waals surface area contributed by atoms with E-state index in [1.54, 1.807) is 0 Å². The normalized spacial score (nSPS) is 12.8. The highest BCUT2D eigenvalue weighted by Gasteiger charge is 2.09. The van der Waals surface area contributed by atoms with Crippen LogP contribution in [0.3, 0.4) is 0 Å². The van der Waals surface area contributed by atoms with Gasteiger partial charge in [0, 0.05) is 6.04 Å². The smallest absolute Gasteiger partial charge is 0.122 e. The topological polar surface area (TPSA) is 21.3 Å². The Morgan fingerprint density at radius 3 is 2.47 bits per heavy atom. The highest BCUT2D eigenvalue weighted by molar-refractivity contribution is 5.35. The van der Waals surface area contributed by atoms with Crippen molar-refractivity contribution in [3.8, 4) is 5.75 Å². The van der Waals surface area contributed by atoms with E-state index in [0.717, 1.165) is 25.3 Å². The minimum Gasteiger partial charge on any atom is -0.492 e. The van der Waals surface area contributed by atoms with Gasteiger partial charge in [-0.05, 0) is 30.5 Å². The fourth-order valence-electron chi connectivity index (χ4n) is 1.89. The van der Waals surface area contributed by atoms with Crippen molar-refractivity contribution in [3.05, 3.63) is 29.8 Å². The molecule has 1 atom stereocenters. The molecule has 0 bridgehead atoms. The number of likely N-dealkylation sites (N-methyl/N-ethyl adjacent to an activating group) is 1. The lowest BCUT2D eigenvalue weighted by molar-refractivity contribution is 0.259.